The fourth-order valence-corrected chi connectivity index (χ4v) is 2.82. The monoisotopic (exact) mass is 340 g/mol. The predicted octanol–water partition coefficient (Wildman–Crippen LogP) is 2.60. The third-order valence-corrected chi connectivity index (χ3v) is 4.03. The molecule has 1 aliphatic heterocycles. The van der Waals surface area contributed by atoms with Crippen LogP contribution in [0.5, 0.6) is 5.75 Å². The van der Waals surface area contributed by atoms with Gasteiger partial charge in [-0.2, -0.15) is 0 Å². The first kappa shape index (κ1) is 17.2. The highest BCUT2D eigenvalue weighted by molar-refractivity contribution is 5.61. The minimum absolute atomic E-state index is 0.408. The molecule has 0 spiro atoms. The van der Waals surface area contributed by atoms with Gasteiger partial charge in [0.25, 0.3) is 0 Å². The summed E-state index contributed by atoms with van der Waals surface area (Å²) in [4.78, 5) is 13.4. The Labute approximate surface area is 147 Å². The van der Waals surface area contributed by atoms with Gasteiger partial charge < -0.3 is 15.4 Å². The zero-order valence-electron chi connectivity index (χ0n) is 14.9. The zero-order chi connectivity index (χ0) is 17.6. The molecule has 132 valence electrons. The van der Waals surface area contributed by atoms with Crippen LogP contribution in [0.4, 0.5) is 5.82 Å². The maximum atomic E-state index is 5.23. The molecule has 3 aromatic heterocycles. The third-order valence-electron chi connectivity index (χ3n) is 4.03. The lowest BCUT2D eigenvalue weighted by molar-refractivity contribution is 0.414. The number of pyridine rings is 1. The van der Waals surface area contributed by atoms with E-state index in [4.69, 9.17) is 4.74 Å². The molecule has 1 saturated heterocycles. The summed E-state index contributed by atoms with van der Waals surface area (Å²) in [6, 6.07) is 4.20. The van der Waals surface area contributed by atoms with Gasteiger partial charge in [-0.15, -0.1) is 0 Å². The Morgan fingerprint density at radius 2 is 2.16 bits per heavy atom. The average Bonchev–Trinajstić information content (AvgIpc) is 3.32. The normalized spacial score (nSPS) is 16.4. The minimum Gasteiger partial charge on any atom is -0.497 e. The number of rotatable bonds is 4. The second-order valence-corrected chi connectivity index (χ2v) is 5.56. The van der Waals surface area contributed by atoms with E-state index < -0.39 is 0 Å². The van der Waals surface area contributed by atoms with Gasteiger partial charge >= 0.3 is 0 Å². The number of imidazole rings is 1. The van der Waals surface area contributed by atoms with Crippen LogP contribution in [0.25, 0.3) is 17.0 Å². The van der Waals surface area contributed by atoms with E-state index in [1.54, 1.807) is 25.7 Å². The smallest absolute Gasteiger partial charge is 0.145 e. The van der Waals surface area contributed by atoms with Gasteiger partial charge in [0.2, 0.25) is 0 Å². The highest BCUT2D eigenvalue weighted by atomic mass is 16.5. The molecule has 4 rings (SSSR count). The van der Waals surface area contributed by atoms with Crippen molar-refractivity contribution < 1.29 is 4.74 Å². The molecule has 1 aliphatic rings. The molecular formula is C18H24N6O. The molecule has 1 atom stereocenters. The third kappa shape index (κ3) is 3.71. The van der Waals surface area contributed by atoms with Crippen LogP contribution in [0.15, 0.2) is 36.9 Å². The predicted molar refractivity (Wildman–Crippen MR) is 99.0 cm³/mol. The van der Waals surface area contributed by atoms with Gasteiger partial charge in [0.15, 0.2) is 0 Å². The molecule has 0 amide bonds. The van der Waals surface area contributed by atoms with Crippen molar-refractivity contribution in [3.8, 4) is 17.1 Å². The van der Waals surface area contributed by atoms with E-state index in [9.17, 15) is 0 Å². The summed E-state index contributed by atoms with van der Waals surface area (Å²) in [6.07, 6.45) is 8.35. The van der Waals surface area contributed by atoms with Crippen LogP contribution in [-0.2, 0) is 0 Å². The van der Waals surface area contributed by atoms with E-state index in [1.807, 2.05) is 36.6 Å². The van der Waals surface area contributed by atoms with Crippen LogP contribution >= 0.6 is 0 Å². The Hall–Kier alpha value is -2.67. The van der Waals surface area contributed by atoms with Crippen LogP contribution < -0.4 is 15.4 Å². The molecule has 25 heavy (non-hydrogen) atoms. The standard InChI is InChI=1S/C16H18N6O.C2H6/c1-23-12-3-5-22-14(9-19-16(22)6-12)13-8-18-10-15(21-13)20-11-2-4-17-7-11;1-2/h3,5-6,8-11,17H,2,4,7H2,1H3,(H,20,21);1-2H3. The van der Waals surface area contributed by atoms with Gasteiger partial charge in [0.1, 0.15) is 22.9 Å². The Balaban J connectivity index is 0.000000880. The maximum absolute atomic E-state index is 5.23. The van der Waals surface area contributed by atoms with E-state index >= 15 is 0 Å². The molecule has 1 fully saturated rings. The first-order chi connectivity index (χ1) is 12.3. The summed E-state index contributed by atoms with van der Waals surface area (Å²) in [7, 11) is 1.65. The van der Waals surface area contributed by atoms with Crippen LogP contribution in [0, 0.1) is 0 Å². The van der Waals surface area contributed by atoms with Crippen molar-refractivity contribution in [2.45, 2.75) is 26.3 Å². The number of ether oxygens (including phenoxy) is 1. The number of hydrogen-bond donors (Lipinski definition) is 2. The fourth-order valence-electron chi connectivity index (χ4n) is 2.82. The minimum atomic E-state index is 0.408. The van der Waals surface area contributed by atoms with Crippen molar-refractivity contribution in [2.24, 2.45) is 0 Å². The molecule has 0 radical (unpaired) electrons. The summed E-state index contributed by atoms with van der Waals surface area (Å²) in [6.45, 7) is 6.00. The van der Waals surface area contributed by atoms with Gasteiger partial charge in [0, 0.05) is 24.8 Å². The van der Waals surface area contributed by atoms with Gasteiger partial charge in [-0.1, -0.05) is 13.8 Å². The lowest BCUT2D eigenvalue weighted by Crippen LogP contribution is -2.22. The van der Waals surface area contributed by atoms with Crippen molar-refractivity contribution in [3.05, 3.63) is 36.9 Å². The highest BCUT2D eigenvalue weighted by Crippen LogP contribution is 2.22. The summed E-state index contributed by atoms with van der Waals surface area (Å²) in [5.41, 5.74) is 2.52. The number of hydrogen-bond acceptors (Lipinski definition) is 6. The molecule has 7 heteroatoms. The van der Waals surface area contributed by atoms with Crippen LogP contribution in [0.2, 0.25) is 0 Å². The highest BCUT2D eigenvalue weighted by Gasteiger charge is 2.15. The number of anilines is 1. The molecule has 3 aromatic rings. The van der Waals surface area contributed by atoms with Crippen molar-refractivity contribution in [2.75, 3.05) is 25.5 Å². The lowest BCUT2D eigenvalue weighted by Gasteiger charge is -2.12. The number of aromatic nitrogens is 4. The van der Waals surface area contributed by atoms with E-state index in [0.717, 1.165) is 48.1 Å². The fraction of sp³-hybridized carbons (Fsp3) is 0.389. The first-order valence-electron chi connectivity index (χ1n) is 8.64. The number of fused-ring (bicyclic) bond motifs is 1. The van der Waals surface area contributed by atoms with E-state index in [1.165, 1.54) is 0 Å². The maximum Gasteiger partial charge on any atom is 0.145 e. The van der Waals surface area contributed by atoms with Crippen molar-refractivity contribution in [1.29, 1.82) is 0 Å². The number of nitrogens with zero attached hydrogens (tertiary/aromatic N) is 4. The molecule has 0 aliphatic carbocycles. The van der Waals surface area contributed by atoms with Crippen molar-refractivity contribution in [1.82, 2.24) is 24.7 Å². The SMILES string of the molecule is CC.COc1ccn2c(-c3cncc(NC4CCNC4)n3)cnc2c1. The van der Waals surface area contributed by atoms with Crippen LogP contribution in [0.3, 0.4) is 0 Å². The molecule has 0 bridgehead atoms. The Morgan fingerprint density at radius 3 is 2.92 bits per heavy atom. The molecule has 0 saturated carbocycles. The Morgan fingerprint density at radius 1 is 1.28 bits per heavy atom. The summed E-state index contributed by atoms with van der Waals surface area (Å²) >= 11 is 0. The first-order valence-corrected chi connectivity index (χ1v) is 8.64. The summed E-state index contributed by atoms with van der Waals surface area (Å²) < 4.78 is 7.21. The second-order valence-electron chi connectivity index (χ2n) is 5.56. The van der Waals surface area contributed by atoms with E-state index in [2.05, 4.69) is 25.6 Å². The Kier molecular flexibility index (Phi) is 5.45. The Bertz CT molecular complexity index is 825. The van der Waals surface area contributed by atoms with Crippen LogP contribution in [-0.4, -0.2) is 45.6 Å². The van der Waals surface area contributed by atoms with Gasteiger partial charge in [0.05, 0.1) is 31.4 Å². The van der Waals surface area contributed by atoms with Crippen molar-refractivity contribution in [3.63, 3.8) is 0 Å². The van der Waals surface area contributed by atoms with Gasteiger partial charge in [-0.05, 0) is 19.0 Å². The largest absolute Gasteiger partial charge is 0.497 e. The van der Waals surface area contributed by atoms with E-state index in [-0.39, 0.29) is 0 Å². The van der Waals surface area contributed by atoms with Gasteiger partial charge in [-0.3, -0.25) is 9.38 Å². The van der Waals surface area contributed by atoms with Gasteiger partial charge in [-0.25, -0.2) is 9.97 Å². The topological polar surface area (TPSA) is 76.4 Å². The molecule has 7 nitrogen and oxygen atoms in total. The van der Waals surface area contributed by atoms with E-state index in [0.29, 0.717) is 6.04 Å². The van der Waals surface area contributed by atoms with Crippen molar-refractivity contribution >= 4 is 11.5 Å². The lowest BCUT2D eigenvalue weighted by atomic mass is 10.2. The molecule has 1 unspecified atom stereocenters. The summed E-state index contributed by atoms with van der Waals surface area (Å²) in [5.74, 6) is 1.57. The quantitative estimate of drug-likeness (QED) is 0.760. The number of nitrogens with one attached hydrogen (secondary N) is 2. The second kappa shape index (κ2) is 7.94. The molecule has 2 N–H and O–H groups in total. The summed E-state index contributed by atoms with van der Waals surface area (Å²) in [5, 5.41) is 6.76. The van der Waals surface area contributed by atoms with Crippen LogP contribution in [0.1, 0.15) is 20.3 Å². The molecular weight excluding hydrogens is 316 g/mol. The number of methoxy groups -OCH3 is 1. The average molecular weight is 340 g/mol. The molecule has 4 heterocycles. The zero-order valence-corrected chi connectivity index (χ0v) is 14.9. The molecule has 0 aromatic carbocycles.